The number of hydrogen-bond acceptors (Lipinski definition) is 7. The maximum absolute atomic E-state index is 13.1. The Balaban J connectivity index is 1.66. The van der Waals surface area contributed by atoms with Gasteiger partial charge >= 0.3 is 0 Å². The summed E-state index contributed by atoms with van der Waals surface area (Å²) in [5.41, 5.74) is 1.03. The van der Waals surface area contributed by atoms with E-state index in [1.54, 1.807) is 18.2 Å². The van der Waals surface area contributed by atoms with Crippen LogP contribution in [0.4, 0.5) is 5.82 Å². The van der Waals surface area contributed by atoms with Crippen LogP contribution in [0.3, 0.4) is 0 Å². The molecule has 2 aliphatic heterocycles. The van der Waals surface area contributed by atoms with Gasteiger partial charge in [-0.1, -0.05) is 6.07 Å². The summed E-state index contributed by atoms with van der Waals surface area (Å²) in [6.45, 7) is 1.09. The van der Waals surface area contributed by atoms with Crippen LogP contribution in [0.25, 0.3) is 0 Å². The van der Waals surface area contributed by atoms with Crippen LogP contribution in [0.5, 0.6) is 5.75 Å². The molecular weight excluding hydrogens is 422 g/mol. The van der Waals surface area contributed by atoms with E-state index in [0.717, 1.165) is 6.34 Å². The lowest BCUT2D eigenvalue weighted by Crippen LogP contribution is -2.40. The zero-order valence-electron chi connectivity index (χ0n) is 16.7. The van der Waals surface area contributed by atoms with Crippen molar-refractivity contribution in [3.8, 4) is 5.75 Å². The predicted molar refractivity (Wildman–Crippen MR) is 113 cm³/mol. The average Bonchev–Trinajstić information content (AvgIpc) is 3.42. The smallest absolute Gasteiger partial charge is 0.260 e. The highest BCUT2D eigenvalue weighted by atomic mass is 32.2. The summed E-state index contributed by atoms with van der Waals surface area (Å²) in [4.78, 5) is 20.5. The highest BCUT2D eigenvalue weighted by Crippen LogP contribution is 2.34. The number of methoxy groups -OCH3 is 1. The third-order valence-electron chi connectivity index (χ3n) is 5.35. The number of aromatic nitrogens is 1. The standard InChI is InChI=1S/C20H21N5O5S/c1-29-13-7-14-15(17(8-13)31(27)28)9-24(20(14)26)18-4-2-3-16(23-18)19(22)25(11-21)12-5-6-30-10-12/h2-4,7-8,11-12,21-22H,5-6,9-10H2,1H3,(H,27,28). The van der Waals surface area contributed by atoms with E-state index in [1.807, 2.05) is 0 Å². The van der Waals surface area contributed by atoms with Crippen molar-refractivity contribution in [2.45, 2.75) is 23.9 Å². The minimum absolute atomic E-state index is 0.0373. The van der Waals surface area contributed by atoms with Crippen molar-refractivity contribution in [2.24, 2.45) is 0 Å². The van der Waals surface area contributed by atoms with E-state index < -0.39 is 11.1 Å². The summed E-state index contributed by atoms with van der Waals surface area (Å²) in [7, 11) is 1.42. The molecule has 1 aromatic heterocycles. The Bertz CT molecular complexity index is 1090. The predicted octanol–water partition coefficient (Wildman–Crippen LogP) is 1.85. The first kappa shape index (κ1) is 21.1. The van der Waals surface area contributed by atoms with Crippen molar-refractivity contribution in [2.75, 3.05) is 25.2 Å². The fourth-order valence-electron chi connectivity index (χ4n) is 3.74. The number of hydrogen-bond donors (Lipinski definition) is 3. The van der Waals surface area contributed by atoms with Gasteiger partial charge in [-0.3, -0.25) is 20.5 Å². The van der Waals surface area contributed by atoms with Crippen LogP contribution in [0, 0.1) is 10.8 Å². The highest BCUT2D eigenvalue weighted by Gasteiger charge is 2.34. The zero-order chi connectivity index (χ0) is 22.1. The lowest BCUT2D eigenvalue weighted by atomic mass is 10.1. The molecule has 0 radical (unpaired) electrons. The Hall–Kier alpha value is -3.15. The first-order chi connectivity index (χ1) is 14.9. The Kier molecular flexibility index (Phi) is 5.81. The van der Waals surface area contributed by atoms with Gasteiger partial charge in [-0.15, -0.1) is 0 Å². The Morgan fingerprint density at radius 2 is 2.26 bits per heavy atom. The first-order valence-electron chi connectivity index (χ1n) is 9.51. The molecule has 4 rings (SSSR count). The van der Waals surface area contributed by atoms with Gasteiger partial charge in [-0.05, 0) is 30.7 Å². The number of anilines is 1. The van der Waals surface area contributed by atoms with E-state index in [1.165, 1.54) is 29.0 Å². The monoisotopic (exact) mass is 443 g/mol. The first-order valence-corrected chi connectivity index (χ1v) is 10.6. The van der Waals surface area contributed by atoms with Crippen LogP contribution in [0.2, 0.25) is 0 Å². The van der Waals surface area contributed by atoms with Crippen LogP contribution in [-0.2, 0) is 22.4 Å². The van der Waals surface area contributed by atoms with Gasteiger partial charge in [0.25, 0.3) is 5.91 Å². The quantitative estimate of drug-likeness (QED) is 0.352. The molecule has 31 heavy (non-hydrogen) atoms. The minimum atomic E-state index is -2.29. The summed E-state index contributed by atoms with van der Waals surface area (Å²) in [6.07, 6.45) is 1.79. The van der Waals surface area contributed by atoms with Gasteiger partial charge in [0, 0.05) is 17.7 Å². The van der Waals surface area contributed by atoms with Gasteiger partial charge in [0.2, 0.25) is 0 Å². The third-order valence-corrected chi connectivity index (χ3v) is 6.09. The van der Waals surface area contributed by atoms with Crippen molar-refractivity contribution in [3.63, 3.8) is 0 Å². The molecule has 1 aromatic carbocycles. The molecule has 0 spiro atoms. The molecule has 0 bridgehead atoms. The third kappa shape index (κ3) is 3.82. The second kappa shape index (κ2) is 8.53. The molecule has 10 nitrogen and oxygen atoms in total. The van der Waals surface area contributed by atoms with Crippen molar-refractivity contribution >= 4 is 35.0 Å². The normalized spacial score (nSPS) is 18.6. The summed E-state index contributed by atoms with van der Waals surface area (Å²) >= 11 is -2.29. The van der Waals surface area contributed by atoms with E-state index >= 15 is 0 Å². The maximum Gasteiger partial charge on any atom is 0.260 e. The maximum atomic E-state index is 13.1. The number of carbonyl (C=O) groups is 1. The number of nitrogens with zero attached hydrogens (tertiary/aromatic N) is 3. The number of benzene rings is 1. The van der Waals surface area contributed by atoms with Gasteiger partial charge in [0.15, 0.2) is 16.9 Å². The summed E-state index contributed by atoms with van der Waals surface area (Å²) in [6, 6.07) is 7.83. The molecule has 1 saturated heterocycles. The van der Waals surface area contributed by atoms with Gasteiger partial charge in [0.1, 0.15) is 17.3 Å². The molecule has 2 aliphatic rings. The fraction of sp³-hybridized carbons (Fsp3) is 0.300. The van der Waals surface area contributed by atoms with Crippen LogP contribution in [-0.4, -0.2) is 63.1 Å². The largest absolute Gasteiger partial charge is 0.497 e. The van der Waals surface area contributed by atoms with E-state index in [-0.39, 0.29) is 34.8 Å². The van der Waals surface area contributed by atoms with Crippen molar-refractivity contribution in [1.29, 1.82) is 10.8 Å². The number of carbonyl (C=O) groups excluding carboxylic acids is 1. The highest BCUT2D eigenvalue weighted by molar-refractivity contribution is 7.79. The lowest BCUT2D eigenvalue weighted by Gasteiger charge is -2.25. The second-order valence-electron chi connectivity index (χ2n) is 7.08. The molecule has 11 heteroatoms. The number of rotatable bonds is 6. The van der Waals surface area contributed by atoms with Gasteiger partial charge in [-0.25, -0.2) is 9.19 Å². The number of pyridine rings is 1. The average molecular weight is 443 g/mol. The van der Waals surface area contributed by atoms with Crippen LogP contribution < -0.4 is 9.64 Å². The second-order valence-corrected chi connectivity index (χ2v) is 8.01. The van der Waals surface area contributed by atoms with Gasteiger partial charge < -0.3 is 18.9 Å². The van der Waals surface area contributed by atoms with E-state index in [4.69, 9.17) is 20.3 Å². The molecule has 162 valence electrons. The van der Waals surface area contributed by atoms with Gasteiger partial charge in [-0.2, -0.15) is 0 Å². The number of amides is 1. The molecule has 2 unspecified atom stereocenters. The molecule has 3 N–H and O–H groups in total. The van der Waals surface area contributed by atoms with E-state index in [2.05, 4.69) is 4.98 Å². The minimum Gasteiger partial charge on any atom is -0.497 e. The molecule has 2 aromatic rings. The van der Waals surface area contributed by atoms with Gasteiger partial charge in [0.05, 0.1) is 37.5 Å². The van der Waals surface area contributed by atoms with Crippen molar-refractivity contribution in [1.82, 2.24) is 9.88 Å². The summed E-state index contributed by atoms with van der Waals surface area (Å²) in [5, 5.41) is 16.2. The Morgan fingerprint density at radius 3 is 2.90 bits per heavy atom. The molecular formula is C20H21N5O5S. The zero-order valence-corrected chi connectivity index (χ0v) is 17.5. The van der Waals surface area contributed by atoms with E-state index in [0.29, 0.717) is 42.5 Å². The Labute approximate surface area is 181 Å². The molecule has 1 amide bonds. The molecule has 0 saturated carbocycles. The molecule has 1 fully saturated rings. The van der Waals surface area contributed by atoms with Crippen molar-refractivity contribution in [3.05, 3.63) is 47.2 Å². The van der Waals surface area contributed by atoms with Crippen LogP contribution >= 0.6 is 0 Å². The Morgan fingerprint density at radius 1 is 1.45 bits per heavy atom. The molecule has 0 aliphatic carbocycles. The topological polar surface area (TPSA) is 140 Å². The number of amidine groups is 1. The number of nitrogens with one attached hydrogen (secondary N) is 2. The SMILES string of the molecule is COc1cc2c(c(S(=O)O)c1)CN(c1cccc(C(=N)N(C=N)C3CCOC3)n1)C2=O. The fourth-order valence-corrected chi connectivity index (χ4v) is 4.34. The molecule has 3 heterocycles. The van der Waals surface area contributed by atoms with Crippen LogP contribution in [0.1, 0.15) is 28.0 Å². The molecule has 2 atom stereocenters. The van der Waals surface area contributed by atoms with E-state index in [9.17, 15) is 13.6 Å². The number of ether oxygens (including phenoxy) is 2. The number of fused-ring (bicyclic) bond motifs is 1. The lowest BCUT2D eigenvalue weighted by molar-refractivity contribution is 0.0995. The van der Waals surface area contributed by atoms with Crippen molar-refractivity contribution < 1.29 is 23.0 Å². The van der Waals surface area contributed by atoms with Crippen LogP contribution in [0.15, 0.2) is 35.2 Å². The summed E-state index contributed by atoms with van der Waals surface area (Å²) < 4.78 is 32.0. The summed E-state index contributed by atoms with van der Waals surface area (Å²) in [5.74, 6) is 0.292.